The number of hydrogen-bond acceptors (Lipinski definition) is 3. The Balaban J connectivity index is 1.44. The van der Waals surface area contributed by atoms with Crippen LogP contribution in [-0.4, -0.2) is 31.3 Å². The van der Waals surface area contributed by atoms with Gasteiger partial charge >= 0.3 is 0 Å². The van der Waals surface area contributed by atoms with Crippen LogP contribution >= 0.6 is 0 Å². The second-order valence-electron chi connectivity index (χ2n) is 7.38. The highest BCUT2D eigenvalue weighted by Crippen LogP contribution is 2.24. The fraction of sp³-hybridized carbons (Fsp3) is 0.227. The summed E-state index contributed by atoms with van der Waals surface area (Å²) < 4.78 is 3.88. The van der Waals surface area contributed by atoms with E-state index in [2.05, 4.69) is 26.0 Å². The van der Waals surface area contributed by atoms with Crippen LogP contribution in [0.1, 0.15) is 28.9 Å². The molecule has 5 rings (SSSR count). The summed E-state index contributed by atoms with van der Waals surface area (Å²) in [5.74, 6) is 0.00735. The minimum atomic E-state index is 0.00735. The van der Waals surface area contributed by atoms with Gasteiger partial charge in [0.2, 0.25) is 0 Å². The summed E-state index contributed by atoms with van der Waals surface area (Å²) in [5.41, 5.74) is 4.72. The molecular weight excluding hydrogens is 350 g/mol. The van der Waals surface area contributed by atoms with Crippen LogP contribution in [0, 0.1) is 0 Å². The molecule has 1 aliphatic carbocycles. The van der Waals surface area contributed by atoms with Gasteiger partial charge in [-0.3, -0.25) is 14.5 Å². The van der Waals surface area contributed by atoms with Gasteiger partial charge in [0.1, 0.15) is 0 Å². The van der Waals surface area contributed by atoms with Gasteiger partial charge < -0.3 is 9.88 Å². The number of para-hydroxylation sites is 1. The Labute approximate surface area is 162 Å². The van der Waals surface area contributed by atoms with Crippen molar-refractivity contribution in [1.82, 2.24) is 24.6 Å². The quantitative estimate of drug-likeness (QED) is 0.585. The molecule has 0 radical (unpaired) electrons. The van der Waals surface area contributed by atoms with Crippen LogP contribution in [0.3, 0.4) is 0 Å². The maximum atomic E-state index is 12.7. The molecule has 0 atom stereocenters. The van der Waals surface area contributed by atoms with E-state index in [9.17, 15) is 4.79 Å². The normalized spacial score (nSPS) is 13.8. The van der Waals surface area contributed by atoms with Gasteiger partial charge in [0.15, 0.2) is 0 Å². The fourth-order valence-corrected chi connectivity index (χ4v) is 3.50. The van der Waals surface area contributed by atoms with Gasteiger partial charge in [-0.1, -0.05) is 18.2 Å². The molecule has 0 spiro atoms. The Morgan fingerprint density at radius 2 is 2.04 bits per heavy atom. The van der Waals surface area contributed by atoms with Crippen molar-refractivity contribution in [2.24, 2.45) is 7.05 Å². The summed E-state index contributed by atoms with van der Waals surface area (Å²) >= 11 is 0. The summed E-state index contributed by atoms with van der Waals surface area (Å²) in [5, 5.41) is 8.37. The lowest BCUT2D eigenvalue weighted by Crippen LogP contribution is -2.26. The average molecular weight is 371 g/mol. The minimum Gasteiger partial charge on any atom is -0.349 e. The first-order valence-corrected chi connectivity index (χ1v) is 9.50. The van der Waals surface area contributed by atoms with Crippen molar-refractivity contribution in [2.75, 3.05) is 0 Å². The monoisotopic (exact) mass is 371 g/mol. The molecule has 6 nitrogen and oxygen atoms in total. The molecule has 0 bridgehead atoms. The van der Waals surface area contributed by atoms with E-state index in [0.29, 0.717) is 12.6 Å². The number of aromatic nitrogens is 4. The van der Waals surface area contributed by atoms with E-state index < -0.39 is 0 Å². The number of nitrogens with one attached hydrogen (secondary N) is 1. The number of rotatable bonds is 5. The zero-order valence-corrected chi connectivity index (χ0v) is 15.7. The summed E-state index contributed by atoms with van der Waals surface area (Å²) in [7, 11) is 1.90. The zero-order valence-electron chi connectivity index (χ0n) is 15.7. The predicted octanol–water partition coefficient (Wildman–Crippen LogP) is 3.38. The van der Waals surface area contributed by atoms with Gasteiger partial charge in [-0.15, -0.1) is 0 Å². The number of hydrogen-bond donors (Lipinski definition) is 1. The molecule has 0 saturated heterocycles. The highest BCUT2D eigenvalue weighted by molar-refractivity contribution is 6.06. The molecule has 1 N–H and O–H groups in total. The van der Waals surface area contributed by atoms with Gasteiger partial charge in [0.25, 0.3) is 5.91 Å². The highest BCUT2D eigenvalue weighted by atomic mass is 16.1. The molecule has 1 fully saturated rings. The van der Waals surface area contributed by atoms with Crippen LogP contribution in [0.4, 0.5) is 0 Å². The third kappa shape index (κ3) is 3.17. The van der Waals surface area contributed by atoms with E-state index in [4.69, 9.17) is 0 Å². The van der Waals surface area contributed by atoms with Gasteiger partial charge in [-0.2, -0.15) is 5.10 Å². The first-order chi connectivity index (χ1) is 13.7. The number of amides is 1. The maximum Gasteiger partial charge on any atom is 0.253 e. The van der Waals surface area contributed by atoms with Gasteiger partial charge in [0, 0.05) is 48.2 Å². The lowest BCUT2D eigenvalue weighted by Gasteiger charge is -2.10. The number of benzene rings is 1. The molecule has 0 unspecified atom stereocenters. The van der Waals surface area contributed by atoms with Crippen LogP contribution in [0.5, 0.6) is 0 Å². The number of carbonyl (C=O) groups is 1. The number of nitrogens with zero attached hydrogens (tertiary/aromatic N) is 4. The zero-order chi connectivity index (χ0) is 19.1. The molecule has 28 heavy (non-hydrogen) atoms. The largest absolute Gasteiger partial charge is 0.349 e. The standard InChI is InChI=1S/C22H21N5O/c1-26-13-17(12-24-26)16-5-6-19(23-11-16)14-27-10-9-15-3-2-4-20(21(15)27)22(28)25-18-7-8-18/h2-6,9-13,18H,7-8,14H2,1H3,(H,25,28). The van der Waals surface area contributed by atoms with E-state index in [1.165, 1.54) is 0 Å². The SMILES string of the molecule is Cn1cc(-c2ccc(Cn3ccc4cccc(C(=O)NC5CC5)c43)nc2)cn1. The van der Waals surface area contributed by atoms with E-state index >= 15 is 0 Å². The Hall–Kier alpha value is -3.41. The topological polar surface area (TPSA) is 64.7 Å². The van der Waals surface area contributed by atoms with Crippen molar-refractivity contribution in [2.45, 2.75) is 25.4 Å². The number of aryl methyl sites for hydroxylation is 1. The lowest BCUT2D eigenvalue weighted by atomic mass is 10.1. The van der Waals surface area contributed by atoms with Crippen molar-refractivity contribution in [3.8, 4) is 11.1 Å². The van der Waals surface area contributed by atoms with Gasteiger partial charge in [-0.25, -0.2) is 0 Å². The Bertz CT molecular complexity index is 1150. The van der Waals surface area contributed by atoms with E-state index in [-0.39, 0.29) is 5.91 Å². The van der Waals surface area contributed by atoms with E-state index in [1.54, 1.807) is 4.68 Å². The fourth-order valence-electron chi connectivity index (χ4n) is 3.50. The highest BCUT2D eigenvalue weighted by Gasteiger charge is 2.25. The van der Waals surface area contributed by atoms with Crippen LogP contribution < -0.4 is 5.32 Å². The van der Waals surface area contributed by atoms with E-state index in [0.717, 1.165) is 46.1 Å². The summed E-state index contributed by atoms with van der Waals surface area (Å²) in [4.78, 5) is 17.3. The number of carbonyl (C=O) groups excluding carboxylic acids is 1. The van der Waals surface area contributed by atoms with Gasteiger partial charge in [0.05, 0.1) is 29.5 Å². The number of fused-ring (bicyclic) bond motifs is 1. The Kier molecular flexibility index (Phi) is 3.97. The van der Waals surface area contributed by atoms with E-state index in [1.807, 2.05) is 62.2 Å². The van der Waals surface area contributed by atoms with Crippen molar-refractivity contribution >= 4 is 16.8 Å². The molecule has 4 aromatic rings. The van der Waals surface area contributed by atoms with Gasteiger partial charge in [-0.05, 0) is 31.0 Å². The maximum absolute atomic E-state index is 12.7. The van der Waals surface area contributed by atoms with Crippen LogP contribution in [-0.2, 0) is 13.6 Å². The minimum absolute atomic E-state index is 0.00735. The second-order valence-corrected chi connectivity index (χ2v) is 7.38. The van der Waals surface area contributed by atoms with Crippen LogP contribution in [0.25, 0.3) is 22.0 Å². The first kappa shape index (κ1) is 16.7. The summed E-state index contributed by atoms with van der Waals surface area (Å²) in [6.07, 6.45) is 9.86. The average Bonchev–Trinajstić information content (AvgIpc) is 3.26. The van der Waals surface area contributed by atoms with Crippen molar-refractivity contribution in [3.63, 3.8) is 0 Å². The molecule has 1 aromatic carbocycles. The molecule has 140 valence electrons. The van der Waals surface area contributed by atoms with Crippen LogP contribution in [0.15, 0.2) is 61.2 Å². The summed E-state index contributed by atoms with van der Waals surface area (Å²) in [6.45, 7) is 0.616. The van der Waals surface area contributed by atoms with Crippen molar-refractivity contribution in [3.05, 3.63) is 72.4 Å². The first-order valence-electron chi connectivity index (χ1n) is 9.50. The molecular formula is C22H21N5O. The molecule has 3 heterocycles. The van der Waals surface area contributed by atoms with Crippen LogP contribution in [0.2, 0.25) is 0 Å². The summed E-state index contributed by atoms with van der Waals surface area (Å²) in [6, 6.07) is 12.4. The second kappa shape index (κ2) is 6.64. The van der Waals surface area contributed by atoms with Crippen molar-refractivity contribution < 1.29 is 4.79 Å². The predicted molar refractivity (Wildman–Crippen MR) is 108 cm³/mol. The molecule has 1 aliphatic rings. The third-order valence-electron chi connectivity index (χ3n) is 5.14. The number of pyridine rings is 1. The molecule has 6 heteroatoms. The molecule has 0 aliphatic heterocycles. The smallest absolute Gasteiger partial charge is 0.253 e. The molecule has 3 aromatic heterocycles. The Morgan fingerprint density at radius 3 is 2.75 bits per heavy atom. The molecule has 1 amide bonds. The molecule has 1 saturated carbocycles. The Morgan fingerprint density at radius 1 is 1.14 bits per heavy atom. The van der Waals surface area contributed by atoms with Crippen molar-refractivity contribution in [1.29, 1.82) is 0 Å². The lowest BCUT2D eigenvalue weighted by molar-refractivity contribution is 0.0952. The third-order valence-corrected chi connectivity index (χ3v) is 5.14.